The van der Waals surface area contributed by atoms with E-state index < -0.39 is 10.7 Å². The number of para-hydroxylation sites is 1. The van der Waals surface area contributed by atoms with E-state index in [-0.39, 0.29) is 23.0 Å². The van der Waals surface area contributed by atoms with Crippen LogP contribution >= 0.6 is 0 Å². The van der Waals surface area contributed by atoms with Gasteiger partial charge in [0.15, 0.2) is 0 Å². The Morgan fingerprint density at radius 1 is 1.07 bits per heavy atom. The van der Waals surface area contributed by atoms with Crippen LogP contribution in [-0.2, 0) is 6.42 Å². The molecule has 1 aliphatic heterocycles. The molecular formula is C22H22FN5O2. The van der Waals surface area contributed by atoms with Gasteiger partial charge < -0.3 is 10.2 Å². The van der Waals surface area contributed by atoms with Gasteiger partial charge in [0.1, 0.15) is 12.1 Å². The molecule has 1 fully saturated rings. The molecular weight excluding hydrogens is 385 g/mol. The molecule has 2 aromatic carbocycles. The van der Waals surface area contributed by atoms with Crippen molar-refractivity contribution in [3.05, 3.63) is 82.4 Å². The summed E-state index contributed by atoms with van der Waals surface area (Å²) in [4.78, 5) is 21.5. The van der Waals surface area contributed by atoms with Gasteiger partial charge in [-0.25, -0.2) is 14.4 Å². The predicted molar refractivity (Wildman–Crippen MR) is 113 cm³/mol. The topological polar surface area (TPSA) is 84.2 Å². The Labute approximate surface area is 173 Å². The summed E-state index contributed by atoms with van der Waals surface area (Å²) in [6, 6.07) is 16.3. The maximum absolute atomic E-state index is 14.0. The second-order valence-corrected chi connectivity index (χ2v) is 7.38. The zero-order valence-electron chi connectivity index (χ0n) is 16.4. The first kappa shape index (κ1) is 19.8. The number of benzene rings is 2. The first-order valence-electron chi connectivity index (χ1n) is 9.91. The number of aromatic nitrogens is 2. The Bertz CT molecular complexity index is 1020. The molecule has 0 saturated carbocycles. The van der Waals surface area contributed by atoms with Crippen LogP contribution in [0.15, 0.2) is 60.9 Å². The van der Waals surface area contributed by atoms with Crippen molar-refractivity contribution < 1.29 is 9.31 Å². The average molecular weight is 407 g/mol. The number of nitrogens with zero attached hydrogens (tertiary/aromatic N) is 4. The summed E-state index contributed by atoms with van der Waals surface area (Å²) in [6.07, 6.45) is 4.13. The molecule has 0 unspecified atom stereocenters. The standard InChI is InChI=1S/C22H22FN5O2/c23-18-8-4-5-9-19(18)26-21-20(28(29)30)22(25-15-24-21)27-12-10-17(11-13-27)14-16-6-2-1-3-7-16/h1-9,15,17H,10-14H2,(H,24,25,26). The molecule has 0 spiro atoms. The van der Waals surface area contributed by atoms with Gasteiger partial charge in [-0.2, -0.15) is 0 Å². The number of piperidine rings is 1. The van der Waals surface area contributed by atoms with Gasteiger partial charge in [0, 0.05) is 13.1 Å². The Morgan fingerprint density at radius 3 is 2.47 bits per heavy atom. The zero-order chi connectivity index (χ0) is 20.9. The smallest absolute Gasteiger partial charge is 0.351 e. The van der Waals surface area contributed by atoms with E-state index in [0.717, 1.165) is 19.3 Å². The van der Waals surface area contributed by atoms with Crippen LogP contribution in [0.25, 0.3) is 0 Å². The average Bonchev–Trinajstić information content (AvgIpc) is 2.76. The molecule has 1 aromatic heterocycles. The van der Waals surface area contributed by atoms with Crippen LogP contribution in [0.4, 0.5) is 27.4 Å². The summed E-state index contributed by atoms with van der Waals surface area (Å²) < 4.78 is 14.0. The molecule has 1 N–H and O–H groups in total. The number of hydrogen-bond donors (Lipinski definition) is 1. The molecule has 7 nitrogen and oxygen atoms in total. The second-order valence-electron chi connectivity index (χ2n) is 7.38. The minimum absolute atomic E-state index is 0.0125. The molecule has 0 amide bonds. The largest absolute Gasteiger partial charge is 0.353 e. The highest BCUT2D eigenvalue weighted by Gasteiger charge is 2.30. The number of rotatable bonds is 6. The van der Waals surface area contributed by atoms with Gasteiger partial charge in [0.25, 0.3) is 0 Å². The fourth-order valence-corrected chi connectivity index (χ4v) is 3.85. The molecule has 0 bridgehead atoms. The quantitative estimate of drug-likeness (QED) is 0.470. The second kappa shape index (κ2) is 8.86. The molecule has 1 aliphatic rings. The van der Waals surface area contributed by atoms with Crippen molar-refractivity contribution in [2.75, 3.05) is 23.3 Å². The van der Waals surface area contributed by atoms with Crippen molar-refractivity contribution in [3.63, 3.8) is 0 Å². The number of anilines is 3. The fraction of sp³-hybridized carbons (Fsp3) is 0.273. The summed E-state index contributed by atoms with van der Waals surface area (Å²) in [5.74, 6) is 0.280. The van der Waals surface area contributed by atoms with E-state index in [0.29, 0.717) is 19.0 Å². The van der Waals surface area contributed by atoms with Gasteiger partial charge >= 0.3 is 5.69 Å². The summed E-state index contributed by atoms with van der Waals surface area (Å²) in [5, 5.41) is 14.6. The molecule has 0 radical (unpaired) electrons. The number of halogens is 1. The highest BCUT2D eigenvalue weighted by molar-refractivity contribution is 5.74. The molecule has 30 heavy (non-hydrogen) atoms. The van der Waals surface area contributed by atoms with Crippen LogP contribution in [0.2, 0.25) is 0 Å². The SMILES string of the molecule is O=[N+]([O-])c1c(Nc2ccccc2F)ncnc1N1CCC(Cc2ccccc2)CC1. The lowest BCUT2D eigenvalue weighted by Crippen LogP contribution is -2.35. The lowest BCUT2D eigenvalue weighted by molar-refractivity contribution is -0.383. The summed E-state index contributed by atoms with van der Waals surface area (Å²) in [6.45, 7) is 1.35. The first-order valence-corrected chi connectivity index (χ1v) is 9.91. The van der Waals surface area contributed by atoms with Gasteiger partial charge in [-0.3, -0.25) is 10.1 Å². The van der Waals surface area contributed by atoms with Gasteiger partial charge in [0.05, 0.1) is 10.6 Å². The molecule has 8 heteroatoms. The zero-order valence-corrected chi connectivity index (χ0v) is 16.4. The van der Waals surface area contributed by atoms with Gasteiger partial charge in [-0.05, 0) is 42.9 Å². The number of hydrogen-bond acceptors (Lipinski definition) is 6. The summed E-state index contributed by atoms with van der Waals surface area (Å²) >= 11 is 0. The maximum atomic E-state index is 14.0. The van der Waals surface area contributed by atoms with E-state index in [1.54, 1.807) is 12.1 Å². The van der Waals surface area contributed by atoms with Crippen LogP contribution in [0, 0.1) is 21.8 Å². The van der Waals surface area contributed by atoms with Crippen molar-refractivity contribution in [2.45, 2.75) is 19.3 Å². The monoisotopic (exact) mass is 407 g/mol. The van der Waals surface area contributed by atoms with Crippen LogP contribution in [0.5, 0.6) is 0 Å². The van der Waals surface area contributed by atoms with E-state index in [9.17, 15) is 14.5 Å². The van der Waals surface area contributed by atoms with Crippen LogP contribution < -0.4 is 10.2 Å². The minimum atomic E-state index is -0.506. The molecule has 154 valence electrons. The third-order valence-corrected chi connectivity index (χ3v) is 5.39. The Balaban J connectivity index is 1.52. The van der Waals surface area contributed by atoms with E-state index in [1.165, 1.54) is 24.0 Å². The third kappa shape index (κ3) is 4.37. The number of nitro groups is 1. The van der Waals surface area contributed by atoms with E-state index in [4.69, 9.17) is 0 Å². The predicted octanol–water partition coefficient (Wildman–Crippen LogP) is 4.73. The highest BCUT2D eigenvalue weighted by atomic mass is 19.1. The summed E-state index contributed by atoms with van der Waals surface area (Å²) in [5.41, 5.74) is 1.20. The van der Waals surface area contributed by atoms with Crippen LogP contribution in [0.1, 0.15) is 18.4 Å². The molecule has 0 aliphatic carbocycles. The van der Waals surface area contributed by atoms with E-state index in [1.807, 2.05) is 23.1 Å². The molecule has 1 saturated heterocycles. The van der Waals surface area contributed by atoms with Crippen molar-refractivity contribution in [1.29, 1.82) is 0 Å². The van der Waals surface area contributed by atoms with Crippen LogP contribution in [-0.4, -0.2) is 28.0 Å². The summed E-state index contributed by atoms with van der Waals surface area (Å²) in [7, 11) is 0. The minimum Gasteiger partial charge on any atom is -0.351 e. The van der Waals surface area contributed by atoms with Crippen LogP contribution in [0.3, 0.4) is 0 Å². The molecule has 3 aromatic rings. The third-order valence-electron chi connectivity index (χ3n) is 5.39. The maximum Gasteiger partial charge on any atom is 0.353 e. The first-order chi connectivity index (χ1) is 14.6. The van der Waals surface area contributed by atoms with Crippen molar-refractivity contribution in [3.8, 4) is 0 Å². The number of nitrogens with one attached hydrogen (secondary N) is 1. The van der Waals surface area contributed by atoms with Crippen molar-refractivity contribution in [2.24, 2.45) is 5.92 Å². The van der Waals surface area contributed by atoms with Gasteiger partial charge in [-0.15, -0.1) is 0 Å². The lowest BCUT2D eigenvalue weighted by Gasteiger charge is -2.32. The van der Waals surface area contributed by atoms with Crippen molar-refractivity contribution in [1.82, 2.24) is 9.97 Å². The fourth-order valence-electron chi connectivity index (χ4n) is 3.85. The lowest BCUT2D eigenvalue weighted by atomic mass is 9.90. The molecule has 2 heterocycles. The van der Waals surface area contributed by atoms with Gasteiger partial charge in [-0.1, -0.05) is 42.5 Å². The highest BCUT2D eigenvalue weighted by Crippen LogP contribution is 2.36. The Kier molecular flexibility index (Phi) is 5.83. The molecule has 0 atom stereocenters. The van der Waals surface area contributed by atoms with E-state index >= 15 is 0 Å². The Morgan fingerprint density at radius 2 is 1.77 bits per heavy atom. The van der Waals surface area contributed by atoms with E-state index in [2.05, 4.69) is 27.4 Å². The molecule has 4 rings (SSSR count). The normalized spacial score (nSPS) is 14.5. The Hall–Kier alpha value is -3.55. The van der Waals surface area contributed by atoms with Gasteiger partial charge in [0.2, 0.25) is 11.6 Å². The van der Waals surface area contributed by atoms with Crippen molar-refractivity contribution >= 4 is 23.0 Å².